The highest BCUT2D eigenvalue weighted by atomic mass is 32.3. The molecule has 0 atom stereocenters. The van der Waals surface area contributed by atoms with Gasteiger partial charge in [-0.3, -0.25) is 9.11 Å². The van der Waals surface area contributed by atoms with Crippen LogP contribution < -0.4 is 25.1 Å². The molecule has 0 aliphatic carbocycles. The lowest BCUT2D eigenvalue weighted by atomic mass is 10.3. The monoisotopic (exact) mass is 546 g/mol. The summed E-state index contributed by atoms with van der Waals surface area (Å²) in [5.41, 5.74) is 12.6. The molecule has 0 aliphatic rings. The zero-order valence-electron chi connectivity index (χ0n) is 19.0. The lowest BCUT2D eigenvalue weighted by Crippen LogP contribution is -2.09. The number of nitrogen functional groups attached to an aromatic ring is 2. The summed E-state index contributed by atoms with van der Waals surface area (Å²) in [6.07, 6.45) is 0. The second-order valence-electron chi connectivity index (χ2n) is 7.27. The van der Waals surface area contributed by atoms with E-state index in [1.54, 1.807) is 72.8 Å². The average Bonchev–Trinajstić information content (AvgIpc) is 2.82. The summed E-state index contributed by atoms with van der Waals surface area (Å²) in [7, 11) is -8.68. The largest absolute Gasteiger partial charge is 0.457 e. The van der Waals surface area contributed by atoms with Crippen molar-refractivity contribution in [2.75, 3.05) is 11.5 Å². The van der Waals surface area contributed by atoms with Gasteiger partial charge in [-0.25, -0.2) is 0 Å². The van der Waals surface area contributed by atoms with E-state index in [0.717, 1.165) is 0 Å². The number of hydrogen-bond donors (Lipinski definition) is 4. The van der Waals surface area contributed by atoms with Crippen molar-refractivity contribution in [2.45, 2.75) is 4.90 Å². The van der Waals surface area contributed by atoms with E-state index in [1.807, 2.05) is 0 Å². The second kappa shape index (κ2) is 11.6. The molecule has 0 heterocycles. The van der Waals surface area contributed by atoms with E-state index in [0.29, 0.717) is 34.4 Å². The zero-order chi connectivity index (χ0) is 27.1. The van der Waals surface area contributed by atoms with Crippen LogP contribution in [0, 0.1) is 0 Å². The Bertz CT molecular complexity index is 1510. The van der Waals surface area contributed by atoms with Crippen LogP contribution in [0.25, 0.3) is 0 Å². The molecule has 0 amide bonds. The molecule has 13 heteroatoms. The van der Waals surface area contributed by atoms with Gasteiger partial charge in [0.2, 0.25) is 0 Å². The van der Waals surface area contributed by atoms with Crippen LogP contribution in [0.2, 0.25) is 0 Å². The first-order valence-corrected chi connectivity index (χ1v) is 13.1. The van der Waals surface area contributed by atoms with Crippen LogP contribution in [0.1, 0.15) is 0 Å². The van der Waals surface area contributed by atoms with E-state index < -0.39 is 20.5 Å². The summed E-state index contributed by atoms with van der Waals surface area (Å²) in [5, 5.41) is 0. The van der Waals surface area contributed by atoms with Crippen LogP contribution >= 0.6 is 0 Å². The molecule has 0 radical (unpaired) electrons. The van der Waals surface area contributed by atoms with Crippen LogP contribution in [0.5, 0.6) is 28.7 Å². The van der Waals surface area contributed by atoms with E-state index in [4.69, 9.17) is 42.6 Å². The predicted molar refractivity (Wildman–Crippen MR) is 137 cm³/mol. The van der Waals surface area contributed by atoms with Gasteiger partial charge in [0.05, 0.1) is 0 Å². The Labute approximate surface area is 213 Å². The van der Waals surface area contributed by atoms with Gasteiger partial charge >= 0.3 is 20.5 Å². The minimum atomic E-state index is -4.67. The van der Waals surface area contributed by atoms with Gasteiger partial charge in [-0.15, -0.1) is 0 Å². The molecule has 4 rings (SSSR count). The Morgan fingerprint density at radius 2 is 0.757 bits per heavy atom. The van der Waals surface area contributed by atoms with Crippen molar-refractivity contribution in [3.8, 4) is 28.7 Å². The van der Waals surface area contributed by atoms with Crippen LogP contribution in [0.15, 0.2) is 102 Å². The number of ether oxygens (including phenoxy) is 2. The molecule has 0 aromatic heterocycles. The van der Waals surface area contributed by atoms with E-state index in [1.165, 1.54) is 24.3 Å². The molecule has 6 N–H and O–H groups in total. The zero-order valence-corrected chi connectivity index (χ0v) is 20.6. The quantitative estimate of drug-likeness (QED) is 0.145. The van der Waals surface area contributed by atoms with Crippen molar-refractivity contribution in [1.29, 1.82) is 0 Å². The molecule has 0 spiro atoms. The minimum Gasteiger partial charge on any atom is -0.457 e. The highest BCUT2D eigenvalue weighted by Crippen LogP contribution is 2.28. The summed E-state index contributed by atoms with van der Waals surface area (Å²) in [4.78, 5) is 0.00403. The fraction of sp³-hybridized carbons (Fsp3) is 0. The molecule has 0 bridgehead atoms. The van der Waals surface area contributed by atoms with Crippen molar-refractivity contribution >= 4 is 31.9 Å². The van der Waals surface area contributed by atoms with Gasteiger partial charge in [-0.05, 0) is 97.1 Å². The van der Waals surface area contributed by atoms with Gasteiger partial charge in [0.1, 0.15) is 33.6 Å². The first-order valence-electron chi connectivity index (χ1n) is 10.3. The third-order valence-corrected chi connectivity index (χ3v) is 5.64. The fourth-order valence-corrected chi connectivity index (χ4v) is 3.69. The van der Waals surface area contributed by atoms with E-state index in [2.05, 4.69) is 0 Å². The van der Waals surface area contributed by atoms with Crippen LogP contribution in [0.4, 0.5) is 11.4 Å². The van der Waals surface area contributed by atoms with E-state index in [9.17, 15) is 8.42 Å². The Balaban J connectivity index is 0.000000695. The third kappa shape index (κ3) is 9.35. The number of benzene rings is 4. The minimum absolute atomic E-state index is 0.00403. The lowest BCUT2D eigenvalue weighted by molar-refractivity contribution is 0.381. The maximum atomic E-state index is 12.6. The van der Waals surface area contributed by atoms with Crippen molar-refractivity contribution in [2.24, 2.45) is 0 Å². The molecule has 0 saturated carbocycles. The van der Waals surface area contributed by atoms with E-state index >= 15 is 0 Å². The molecule has 194 valence electrons. The van der Waals surface area contributed by atoms with Gasteiger partial charge < -0.3 is 25.1 Å². The van der Waals surface area contributed by atoms with Crippen molar-refractivity contribution < 1.29 is 39.6 Å². The highest BCUT2D eigenvalue weighted by molar-refractivity contribution is 7.87. The second-order valence-corrected chi connectivity index (χ2v) is 9.71. The van der Waals surface area contributed by atoms with Crippen molar-refractivity contribution in [3.05, 3.63) is 97.1 Å². The summed E-state index contributed by atoms with van der Waals surface area (Å²) in [6.45, 7) is 0. The molecule has 0 saturated heterocycles. The number of nitrogens with two attached hydrogens (primary N) is 2. The molecule has 4 aromatic rings. The number of hydrogen-bond acceptors (Lipinski definition) is 9. The molecule has 11 nitrogen and oxygen atoms in total. The number of rotatable bonds is 7. The molecule has 0 fully saturated rings. The highest BCUT2D eigenvalue weighted by Gasteiger charge is 2.17. The van der Waals surface area contributed by atoms with E-state index in [-0.39, 0.29) is 10.6 Å². The molecule has 0 unspecified atom stereocenters. The Morgan fingerprint density at radius 3 is 1.11 bits per heavy atom. The summed E-state index contributed by atoms with van der Waals surface area (Å²) in [5.74, 6) is 2.38. The Morgan fingerprint density at radius 1 is 0.486 bits per heavy atom. The number of anilines is 2. The summed E-state index contributed by atoms with van der Waals surface area (Å²) < 4.78 is 73.4. The molecule has 37 heavy (non-hydrogen) atoms. The summed E-state index contributed by atoms with van der Waals surface area (Å²) >= 11 is 0. The first-order chi connectivity index (χ1) is 17.4. The van der Waals surface area contributed by atoms with Gasteiger partial charge in [0.15, 0.2) is 0 Å². The fourth-order valence-electron chi connectivity index (χ4n) is 2.76. The van der Waals surface area contributed by atoms with Crippen LogP contribution in [-0.2, 0) is 20.5 Å². The molecule has 0 aliphatic heterocycles. The maximum Gasteiger partial charge on any atom is 0.394 e. The predicted octanol–water partition coefficient (Wildman–Crippen LogP) is 4.55. The molecular formula is C24H22N2O9S2. The topological polar surface area (TPSA) is 188 Å². The van der Waals surface area contributed by atoms with Gasteiger partial charge in [0, 0.05) is 11.4 Å². The smallest absolute Gasteiger partial charge is 0.394 e. The van der Waals surface area contributed by atoms with Crippen molar-refractivity contribution in [3.63, 3.8) is 0 Å². The average molecular weight is 547 g/mol. The third-order valence-electron chi connectivity index (χ3n) is 4.37. The Kier molecular flexibility index (Phi) is 8.57. The van der Waals surface area contributed by atoms with Gasteiger partial charge in [-0.2, -0.15) is 16.8 Å². The van der Waals surface area contributed by atoms with Gasteiger partial charge in [0.25, 0.3) is 0 Å². The van der Waals surface area contributed by atoms with Crippen molar-refractivity contribution in [1.82, 2.24) is 0 Å². The maximum absolute atomic E-state index is 12.6. The lowest BCUT2D eigenvalue weighted by Gasteiger charge is -2.10. The normalized spacial score (nSPS) is 11.1. The van der Waals surface area contributed by atoms with Crippen LogP contribution in [0.3, 0.4) is 0 Å². The Hall–Kier alpha value is -4.30. The van der Waals surface area contributed by atoms with Gasteiger partial charge in [-0.1, -0.05) is 0 Å². The standard InChI is InChI=1S/C24H20N2O5S.H2O4S/c25-17-1-5-19(6-2-17)29-21-9-11-23(12-10-21)31-32(27,28)24-15-13-22(14-16-24)30-20-7-3-18(26)4-8-20;1-5(2,3)4/h1-16H,25-26H2;(H2,1,2,3,4). The summed E-state index contributed by atoms with van der Waals surface area (Å²) in [6, 6.07) is 26.0. The first kappa shape index (κ1) is 27.3. The van der Waals surface area contributed by atoms with Crippen LogP contribution in [-0.4, -0.2) is 25.9 Å². The molecule has 4 aromatic carbocycles. The SMILES string of the molecule is Nc1ccc(Oc2ccc(OS(=O)(=O)c3ccc(Oc4ccc(N)cc4)cc3)cc2)cc1.O=S(=O)(O)O. The molecular weight excluding hydrogens is 524 g/mol.